The minimum atomic E-state index is -1.43. The Labute approximate surface area is 251 Å². The van der Waals surface area contributed by atoms with Gasteiger partial charge in [-0.15, -0.1) is 23.1 Å². The van der Waals surface area contributed by atoms with Crippen LogP contribution in [-0.2, 0) is 4.74 Å². The zero-order valence-corrected chi connectivity index (χ0v) is 24.8. The van der Waals surface area contributed by atoms with Crippen molar-refractivity contribution in [1.29, 1.82) is 0 Å². The Kier molecular flexibility index (Phi) is 7.81. The fourth-order valence-corrected chi connectivity index (χ4v) is 6.77. The first-order valence-electron chi connectivity index (χ1n) is 12.8. The third-order valence-electron chi connectivity index (χ3n) is 7.16. The standard InChI is InChI=1S/C27H25ClF2N6O4S2/c1-11-32-27(36(34-11)17-7-19-16(6-20(17)41-3)33-12(2)42-19)26-25(39)23(24(38)18(10-37)40-26)35-9-13(8-31-35)14-4-5-15(28)22(30)21(14)29/h4-9,18,23-26,37-39H,10H2,1-3H3/t18-,23+,24+,25-,26-/m1/s1. The molecule has 10 nitrogen and oxygen atoms in total. The molecule has 0 spiro atoms. The normalized spacial score (nSPS) is 22.7. The van der Waals surface area contributed by atoms with Crippen molar-refractivity contribution in [3.05, 3.63) is 70.0 Å². The fraction of sp³-hybridized carbons (Fsp3) is 0.333. The lowest BCUT2D eigenvalue weighted by Crippen LogP contribution is -2.53. The summed E-state index contributed by atoms with van der Waals surface area (Å²) in [6, 6.07) is 5.31. The fourth-order valence-electron chi connectivity index (χ4n) is 5.20. The number of nitrogens with zero attached hydrogens (tertiary/aromatic N) is 6. The summed E-state index contributed by atoms with van der Waals surface area (Å²) in [6.45, 7) is 3.07. The summed E-state index contributed by atoms with van der Waals surface area (Å²) < 4.78 is 38.6. The van der Waals surface area contributed by atoms with Crippen molar-refractivity contribution in [1.82, 2.24) is 29.5 Å². The number of hydrogen-bond donors (Lipinski definition) is 3. The van der Waals surface area contributed by atoms with Crippen LogP contribution < -0.4 is 0 Å². The second kappa shape index (κ2) is 11.3. The maximum absolute atomic E-state index is 14.7. The summed E-state index contributed by atoms with van der Waals surface area (Å²) in [5.74, 6) is -1.68. The number of aryl methyl sites for hydroxylation is 2. The van der Waals surface area contributed by atoms with Crippen LogP contribution in [0.1, 0.15) is 28.8 Å². The summed E-state index contributed by atoms with van der Waals surface area (Å²) >= 11 is 8.73. The number of aliphatic hydroxyl groups excluding tert-OH is 3. The highest BCUT2D eigenvalue weighted by Crippen LogP contribution is 2.40. The van der Waals surface area contributed by atoms with Crippen LogP contribution in [0.15, 0.2) is 41.6 Å². The Bertz CT molecular complexity index is 1800. The molecule has 15 heteroatoms. The molecular weight excluding hydrogens is 610 g/mol. The number of hydrogen-bond acceptors (Lipinski definition) is 10. The van der Waals surface area contributed by atoms with E-state index in [1.54, 1.807) is 11.6 Å². The van der Waals surface area contributed by atoms with Gasteiger partial charge in [-0.1, -0.05) is 11.6 Å². The van der Waals surface area contributed by atoms with Crippen LogP contribution in [0.2, 0.25) is 5.02 Å². The van der Waals surface area contributed by atoms with Gasteiger partial charge in [0.15, 0.2) is 17.5 Å². The molecule has 0 amide bonds. The van der Waals surface area contributed by atoms with E-state index in [2.05, 4.69) is 20.2 Å². The van der Waals surface area contributed by atoms with Gasteiger partial charge in [-0.2, -0.15) is 10.2 Å². The highest BCUT2D eigenvalue weighted by Gasteiger charge is 2.48. The smallest absolute Gasteiger partial charge is 0.178 e. The topological polar surface area (TPSA) is 131 Å². The van der Waals surface area contributed by atoms with Gasteiger partial charge in [-0.05, 0) is 44.4 Å². The van der Waals surface area contributed by atoms with E-state index in [-0.39, 0.29) is 22.0 Å². The molecule has 1 fully saturated rings. The number of thioether (sulfide) groups is 1. The van der Waals surface area contributed by atoms with Crippen molar-refractivity contribution in [2.75, 3.05) is 12.9 Å². The molecule has 2 aromatic carbocycles. The predicted octanol–water partition coefficient (Wildman–Crippen LogP) is 4.41. The molecular formula is C27H25ClF2N6O4S2. The van der Waals surface area contributed by atoms with E-state index in [4.69, 9.17) is 16.3 Å². The number of rotatable bonds is 6. The zero-order chi connectivity index (χ0) is 29.9. The average molecular weight is 635 g/mol. The molecule has 1 aliphatic heterocycles. The van der Waals surface area contributed by atoms with Gasteiger partial charge < -0.3 is 20.1 Å². The zero-order valence-electron chi connectivity index (χ0n) is 22.4. The monoisotopic (exact) mass is 634 g/mol. The second-order valence-corrected chi connectivity index (χ2v) is 12.3. The number of fused-ring (bicyclic) bond motifs is 1. The van der Waals surface area contributed by atoms with E-state index < -0.39 is 48.7 Å². The quantitative estimate of drug-likeness (QED) is 0.184. The van der Waals surface area contributed by atoms with Crippen molar-refractivity contribution < 1.29 is 28.8 Å². The number of aliphatic hydroxyl groups is 3. The molecule has 1 aliphatic rings. The van der Waals surface area contributed by atoms with Gasteiger partial charge in [0.25, 0.3) is 0 Å². The van der Waals surface area contributed by atoms with Gasteiger partial charge in [0.05, 0.1) is 38.7 Å². The van der Waals surface area contributed by atoms with Crippen molar-refractivity contribution in [3.63, 3.8) is 0 Å². The van der Waals surface area contributed by atoms with E-state index in [0.717, 1.165) is 20.1 Å². The predicted molar refractivity (Wildman–Crippen MR) is 154 cm³/mol. The summed E-state index contributed by atoms with van der Waals surface area (Å²) in [7, 11) is 0. The first-order chi connectivity index (χ1) is 20.1. The Hall–Kier alpha value is -2.98. The van der Waals surface area contributed by atoms with Gasteiger partial charge in [0.1, 0.15) is 36.3 Å². The Balaban J connectivity index is 1.42. The molecule has 0 aliphatic carbocycles. The summed E-state index contributed by atoms with van der Waals surface area (Å²) in [6.07, 6.45) is -0.526. The van der Waals surface area contributed by atoms with E-state index in [0.29, 0.717) is 11.5 Å². The summed E-state index contributed by atoms with van der Waals surface area (Å²) in [5, 5.41) is 42.3. The molecule has 5 aromatic rings. The molecule has 0 radical (unpaired) electrons. The minimum absolute atomic E-state index is 0.0943. The number of ether oxygens (including phenoxy) is 1. The molecule has 42 heavy (non-hydrogen) atoms. The van der Waals surface area contributed by atoms with Crippen molar-refractivity contribution in [2.24, 2.45) is 0 Å². The SMILES string of the molecule is CSc1cc2nc(C)sc2cc1-n1nc(C)nc1[C@@H]1O[C@H](CO)[C@H](O)[C@H](n2cc(-c3ccc(Cl)c(F)c3F)cn2)[C@H]1O. The van der Waals surface area contributed by atoms with Crippen LogP contribution in [0.25, 0.3) is 27.0 Å². The summed E-state index contributed by atoms with van der Waals surface area (Å²) in [5.41, 5.74) is 1.66. The number of thiazole rings is 1. The van der Waals surface area contributed by atoms with E-state index in [1.807, 2.05) is 25.3 Å². The largest absolute Gasteiger partial charge is 0.394 e. The maximum atomic E-state index is 14.7. The Morgan fingerprint density at radius 3 is 2.64 bits per heavy atom. The van der Waals surface area contributed by atoms with Crippen molar-refractivity contribution >= 4 is 44.9 Å². The third kappa shape index (κ3) is 4.90. The molecule has 3 N–H and O–H groups in total. The molecule has 5 atom stereocenters. The van der Waals surface area contributed by atoms with Crippen molar-refractivity contribution in [2.45, 2.75) is 49.2 Å². The average Bonchev–Trinajstić information content (AvgIpc) is 3.69. The summed E-state index contributed by atoms with van der Waals surface area (Å²) in [4.78, 5) is 10.0. The number of halogens is 3. The molecule has 0 saturated carbocycles. The first kappa shape index (κ1) is 29.1. The van der Waals surface area contributed by atoms with Crippen LogP contribution in [-0.4, -0.2) is 76.0 Å². The van der Waals surface area contributed by atoms with E-state index in [9.17, 15) is 24.1 Å². The highest BCUT2D eigenvalue weighted by atomic mass is 35.5. The second-order valence-electron chi connectivity index (χ2n) is 9.84. The molecule has 3 aromatic heterocycles. The van der Waals surface area contributed by atoms with E-state index in [1.165, 1.54) is 52.3 Å². The molecule has 4 heterocycles. The minimum Gasteiger partial charge on any atom is -0.394 e. The third-order valence-corrected chi connectivity index (χ3v) is 9.15. The molecule has 0 unspecified atom stereocenters. The van der Waals surface area contributed by atoms with Crippen molar-refractivity contribution in [3.8, 4) is 16.8 Å². The lowest BCUT2D eigenvalue weighted by molar-refractivity contribution is -0.210. The number of benzene rings is 2. The van der Waals surface area contributed by atoms with Gasteiger partial charge in [-0.3, -0.25) is 4.68 Å². The van der Waals surface area contributed by atoms with Gasteiger partial charge in [0, 0.05) is 22.2 Å². The van der Waals surface area contributed by atoms with Gasteiger partial charge >= 0.3 is 0 Å². The van der Waals surface area contributed by atoms with Crippen LogP contribution in [0, 0.1) is 25.5 Å². The van der Waals surface area contributed by atoms with Gasteiger partial charge in [-0.25, -0.2) is 23.4 Å². The van der Waals surface area contributed by atoms with Crippen LogP contribution in [0.5, 0.6) is 0 Å². The van der Waals surface area contributed by atoms with Crippen LogP contribution >= 0.6 is 34.7 Å². The first-order valence-corrected chi connectivity index (χ1v) is 15.2. The maximum Gasteiger partial charge on any atom is 0.178 e. The lowest BCUT2D eigenvalue weighted by Gasteiger charge is -2.42. The molecule has 220 valence electrons. The Morgan fingerprint density at radius 1 is 1.12 bits per heavy atom. The molecule has 1 saturated heterocycles. The lowest BCUT2D eigenvalue weighted by atomic mass is 9.92. The van der Waals surface area contributed by atoms with E-state index >= 15 is 0 Å². The molecule has 6 rings (SSSR count). The van der Waals surface area contributed by atoms with Crippen LogP contribution in [0.3, 0.4) is 0 Å². The Morgan fingerprint density at radius 2 is 1.90 bits per heavy atom. The van der Waals surface area contributed by atoms with Gasteiger partial charge in [0.2, 0.25) is 0 Å². The highest BCUT2D eigenvalue weighted by molar-refractivity contribution is 7.98. The number of aromatic nitrogens is 6. The molecule has 0 bridgehead atoms. The van der Waals surface area contributed by atoms with Crippen LogP contribution in [0.4, 0.5) is 8.78 Å².